The van der Waals surface area contributed by atoms with E-state index in [1.807, 2.05) is 6.07 Å². The van der Waals surface area contributed by atoms with Gasteiger partial charge in [0.25, 0.3) is 5.91 Å². The van der Waals surface area contributed by atoms with Crippen molar-refractivity contribution >= 4 is 16.9 Å². The van der Waals surface area contributed by atoms with Crippen molar-refractivity contribution in [2.75, 3.05) is 6.61 Å². The minimum absolute atomic E-state index is 0.176. The molecule has 0 aliphatic carbocycles. The molecule has 2 rings (SSSR count). The number of fused-ring (bicyclic) bond motifs is 1. The first-order valence-corrected chi connectivity index (χ1v) is 5.20. The van der Waals surface area contributed by atoms with Crippen molar-refractivity contribution in [3.05, 3.63) is 42.2 Å². The summed E-state index contributed by atoms with van der Waals surface area (Å²) in [6.45, 7) is 5.77. The molecule has 17 heavy (non-hydrogen) atoms. The molecular formula is C13H13NO3. The zero-order valence-corrected chi connectivity index (χ0v) is 9.53. The average molecular weight is 231 g/mol. The third-order valence-corrected chi connectivity index (χ3v) is 2.50. The van der Waals surface area contributed by atoms with Gasteiger partial charge in [-0.25, -0.2) is 0 Å². The lowest BCUT2D eigenvalue weighted by atomic mass is 10.1. The van der Waals surface area contributed by atoms with Gasteiger partial charge in [0, 0.05) is 5.56 Å². The predicted octanol–water partition coefficient (Wildman–Crippen LogP) is 2.40. The fraction of sp³-hybridized carbons (Fsp3) is 0.154. The van der Waals surface area contributed by atoms with Crippen LogP contribution in [0.15, 0.2) is 35.3 Å². The fourth-order valence-corrected chi connectivity index (χ4v) is 1.77. The van der Waals surface area contributed by atoms with E-state index in [0.717, 1.165) is 5.39 Å². The monoisotopic (exact) mass is 231 g/mol. The molecule has 0 radical (unpaired) electrons. The van der Waals surface area contributed by atoms with Gasteiger partial charge in [-0.05, 0) is 19.1 Å². The Morgan fingerprint density at radius 3 is 3.00 bits per heavy atom. The van der Waals surface area contributed by atoms with Gasteiger partial charge < -0.3 is 14.9 Å². The first-order chi connectivity index (χ1) is 8.15. The second-order valence-corrected chi connectivity index (χ2v) is 3.65. The summed E-state index contributed by atoms with van der Waals surface area (Å²) >= 11 is 0. The average Bonchev–Trinajstić information content (AvgIpc) is 2.65. The quantitative estimate of drug-likeness (QED) is 0.821. The lowest BCUT2D eigenvalue weighted by Crippen LogP contribution is -2.10. The Morgan fingerprint density at radius 2 is 2.35 bits per heavy atom. The molecule has 1 aromatic carbocycles. The van der Waals surface area contributed by atoms with E-state index < -0.39 is 5.91 Å². The van der Waals surface area contributed by atoms with Crippen molar-refractivity contribution in [3.63, 3.8) is 0 Å². The molecule has 0 fully saturated rings. The van der Waals surface area contributed by atoms with Crippen LogP contribution in [0.2, 0.25) is 0 Å². The lowest BCUT2D eigenvalue weighted by molar-refractivity contribution is 0.0975. The Morgan fingerprint density at radius 1 is 1.59 bits per heavy atom. The summed E-state index contributed by atoms with van der Waals surface area (Å²) in [4.78, 5) is 11.2. The van der Waals surface area contributed by atoms with E-state index in [1.54, 1.807) is 25.1 Å². The Bertz CT molecular complexity index is 584. The van der Waals surface area contributed by atoms with E-state index >= 15 is 0 Å². The standard InChI is InChI=1S/C13H13NO3/c1-3-7-16-9-5-4-6-10-11(9)8(2)12(17-10)13(14)15/h3-6H,1,7H2,2H3,(H2,14,15). The van der Waals surface area contributed by atoms with Crippen LogP contribution in [0.5, 0.6) is 5.75 Å². The number of rotatable bonds is 4. The van der Waals surface area contributed by atoms with Crippen LogP contribution in [-0.2, 0) is 0 Å². The molecule has 2 N–H and O–H groups in total. The van der Waals surface area contributed by atoms with Gasteiger partial charge in [0.2, 0.25) is 0 Å². The molecule has 1 heterocycles. The van der Waals surface area contributed by atoms with Gasteiger partial charge >= 0.3 is 0 Å². The second kappa shape index (κ2) is 4.33. The summed E-state index contributed by atoms with van der Waals surface area (Å²) in [6, 6.07) is 5.39. The SMILES string of the molecule is C=CCOc1cccc2oc(C(N)=O)c(C)c12. The zero-order valence-electron chi connectivity index (χ0n) is 9.53. The first-order valence-electron chi connectivity index (χ1n) is 5.20. The highest BCUT2D eigenvalue weighted by atomic mass is 16.5. The number of hydrogen-bond donors (Lipinski definition) is 1. The molecule has 0 atom stereocenters. The number of carbonyl (C=O) groups excluding carboxylic acids is 1. The normalized spacial score (nSPS) is 10.4. The van der Waals surface area contributed by atoms with Gasteiger partial charge in [-0.15, -0.1) is 0 Å². The maximum absolute atomic E-state index is 11.2. The van der Waals surface area contributed by atoms with Crippen LogP contribution in [0.3, 0.4) is 0 Å². The van der Waals surface area contributed by atoms with Gasteiger partial charge in [0.15, 0.2) is 5.76 Å². The first kappa shape index (κ1) is 11.3. The van der Waals surface area contributed by atoms with Crippen molar-refractivity contribution < 1.29 is 13.9 Å². The Hall–Kier alpha value is -2.23. The number of hydrogen-bond acceptors (Lipinski definition) is 3. The number of benzene rings is 1. The number of amides is 1. The van der Waals surface area contributed by atoms with E-state index in [9.17, 15) is 4.79 Å². The number of carbonyl (C=O) groups is 1. The van der Waals surface area contributed by atoms with Crippen molar-refractivity contribution in [2.45, 2.75) is 6.92 Å². The summed E-state index contributed by atoms with van der Waals surface area (Å²) in [7, 11) is 0. The van der Waals surface area contributed by atoms with Crippen LogP contribution < -0.4 is 10.5 Å². The van der Waals surface area contributed by atoms with Gasteiger partial charge in [-0.1, -0.05) is 18.7 Å². The van der Waals surface area contributed by atoms with Crippen LogP contribution >= 0.6 is 0 Å². The number of furan rings is 1. The van der Waals surface area contributed by atoms with Crippen molar-refractivity contribution in [2.24, 2.45) is 5.73 Å². The molecule has 0 bridgehead atoms. The molecule has 2 aromatic rings. The van der Waals surface area contributed by atoms with E-state index in [-0.39, 0.29) is 5.76 Å². The summed E-state index contributed by atoms with van der Waals surface area (Å²) in [5, 5.41) is 0.781. The Balaban J connectivity index is 2.62. The minimum Gasteiger partial charge on any atom is -0.489 e. The summed E-state index contributed by atoms with van der Waals surface area (Å²) in [6.07, 6.45) is 1.66. The van der Waals surface area contributed by atoms with Gasteiger partial charge in [-0.3, -0.25) is 4.79 Å². The molecule has 1 aromatic heterocycles. The molecule has 0 aliphatic heterocycles. The maximum Gasteiger partial charge on any atom is 0.284 e. The van der Waals surface area contributed by atoms with Crippen molar-refractivity contribution in [3.8, 4) is 5.75 Å². The molecule has 0 spiro atoms. The molecule has 0 saturated carbocycles. The van der Waals surface area contributed by atoms with E-state index in [4.69, 9.17) is 14.9 Å². The van der Waals surface area contributed by atoms with Crippen LogP contribution in [0.25, 0.3) is 11.0 Å². The molecule has 0 unspecified atom stereocenters. The van der Waals surface area contributed by atoms with Gasteiger partial charge in [0.05, 0.1) is 5.39 Å². The fourth-order valence-electron chi connectivity index (χ4n) is 1.77. The molecular weight excluding hydrogens is 218 g/mol. The van der Waals surface area contributed by atoms with Crippen molar-refractivity contribution in [1.82, 2.24) is 0 Å². The van der Waals surface area contributed by atoms with Crippen LogP contribution in [0.4, 0.5) is 0 Å². The van der Waals surface area contributed by atoms with Gasteiger partial charge in [0.1, 0.15) is 17.9 Å². The highest BCUT2D eigenvalue weighted by Gasteiger charge is 2.17. The lowest BCUT2D eigenvalue weighted by Gasteiger charge is -2.04. The van der Waals surface area contributed by atoms with Crippen molar-refractivity contribution in [1.29, 1.82) is 0 Å². The largest absolute Gasteiger partial charge is 0.489 e. The topological polar surface area (TPSA) is 65.5 Å². The zero-order chi connectivity index (χ0) is 12.4. The van der Waals surface area contributed by atoms with E-state index in [2.05, 4.69) is 6.58 Å². The molecule has 4 nitrogen and oxygen atoms in total. The van der Waals surface area contributed by atoms with Crippen LogP contribution in [0.1, 0.15) is 16.1 Å². The minimum atomic E-state index is -0.576. The van der Waals surface area contributed by atoms with Crippen LogP contribution in [0, 0.1) is 6.92 Å². The Labute approximate surface area is 98.7 Å². The third kappa shape index (κ3) is 1.89. The highest BCUT2D eigenvalue weighted by molar-refractivity contribution is 5.99. The Kier molecular flexibility index (Phi) is 2.87. The van der Waals surface area contributed by atoms with Crippen LogP contribution in [-0.4, -0.2) is 12.5 Å². The summed E-state index contributed by atoms with van der Waals surface area (Å²) in [5.41, 5.74) is 6.54. The summed E-state index contributed by atoms with van der Waals surface area (Å²) in [5.74, 6) is 0.263. The summed E-state index contributed by atoms with van der Waals surface area (Å²) < 4.78 is 10.9. The highest BCUT2D eigenvalue weighted by Crippen LogP contribution is 2.32. The van der Waals surface area contributed by atoms with E-state index in [0.29, 0.717) is 23.5 Å². The molecule has 88 valence electrons. The molecule has 0 saturated heterocycles. The number of ether oxygens (including phenoxy) is 1. The second-order valence-electron chi connectivity index (χ2n) is 3.65. The smallest absolute Gasteiger partial charge is 0.284 e. The maximum atomic E-state index is 11.2. The number of primary amides is 1. The number of aryl methyl sites for hydroxylation is 1. The molecule has 0 aliphatic rings. The predicted molar refractivity (Wildman–Crippen MR) is 65.2 cm³/mol. The number of nitrogens with two attached hydrogens (primary N) is 1. The third-order valence-electron chi connectivity index (χ3n) is 2.50. The van der Waals surface area contributed by atoms with E-state index in [1.165, 1.54) is 0 Å². The molecule has 1 amide bonds. The molecule has 4 heteroatoms. The van der Waals surface area contributed by atoms with Gasteiger partial charge in [-0.2, -0.15) is 0 Å².